The number of aryl methyl sites for hydroxylation is 1. The first-order chi connectivity index (χ1) is 10.2. The molecule has 0 bridgehead atoms. The van der Waals surface area contributed by atoms with Crippen LogP contribution in [0.4, 0.5) is 4.39 Å². The Morgan fingerprint density at radius 1 is 1.48 bits per heavy atom. The Balaban J connectivity index is 2.21. The third-order valence-corrected chi connectivity index (χ3v) is 5.96. The topological polar surface area (TPSA) is 45.8 Å². The van der Waals surface area contributed by atoms with Crippen molar-refractivity contribution in [1.82, 2.24) is 9.97 Å². The molecule has 0 fully saturated rings. The van der Waals surface area contributed by atoms with Gasteiger partial charge in [0.15, 0.2) is 5.16 Å². The minimum absolute atomic E-state index is 0.138. The van der Waals surface area contributed by atoms with Crippen LogP contribution in [0, 0.1) is 0 Å². The number of alkyl halides is 1. The summed E-state index contributed by atoms with van der Waals surface area (Å²) in [6, 6.07) is 4.01. The summed E-state index contributed by atoms with van der Waals surface area (Å²) in [5.41, 5.74) is 0.865. The molecule has 0 radical (unpaired) electrons. The minimum Gasteiger partial charge on any atom is -0.301 e. The molecule has 110 valence electrons. The molecule has 21 heavy (non-hydrogen) atoms. The van der Waals surface area contributed by atoms with E-state index in [-0.39, 0.29) is 5.56 Å². The van der Waals surface area contributed by atoms with Crippen LogP contribution in [0.5, 0.6) is 0 Å². The van der Waals surface area contributed by atoms with Gasteiger partial charge in [-0.25, -0.2) is 4.98 Å². The molecule has 0 aliphatic rings. The van der Waals surface area contributed by atoms with Gasteiger partial charge in [-0.3, -0.25) is 9.18 Å². The zero-order chi connectivity index (χ0) is 14.8. The van der Waals surface area contributed by atoms with Crippen molar-refractivity contribution < 1.29 is 4.39 Å². The van der Waals surface area contributed by atoms with Gasteiger partial charge >= 0.3 is 0 Å². The predicted molar refractivity (Wildman–Crippen MR) is 89.6 cm³/mol. The van der Waals surface area contributed by atoms with Crippen LogP contribution >= 0.6 is 34.4 Å². The summed E-state index contributed by atoms with van der Waals surface area (Å²) >= 11 is 4.41. The van der Waals surface area contributed by atoms with E-state index in [1.807, 2.05) is 17.5 Å². The Kier molecular flexibility index (Phi) is 4.42. The maximum Gasteiger partial charge on any atom is 0.260 e. The lowest BCUT2D eigenvalue weighted by Crippen LogP contribution is -2.08. The Bertz CT molecular complexity index is 808. The van der Waals surface area contributed by atoms with Crippen molar-refractivity contribution in [2.24, 2.45) is 0 Å². The highest BCUT2D eigenvalue weighted by Crippen LogP contribution is 2.38. The number of hydrogen-bond donors (Lipinski definition) is 1. The number of rotatable bonds is 5. The van der Waals surface area contributed by atoms with Crippen molar-refractivity contribution >= 4 is 44.7 Å². The van der Waals surface area contributed by atoms with Crippen LogP contribution in [0.2, 0.25) is 0 Å². The zero-order valence-corrected chi connectivity index (χ0v) is 13.8. The Hall–Kier alpha value is -1.18. The zero-order valence-electron chi connectivity index (χ0n) is 11.3. The Morgan fingerprint density at radius 3 is 3.00 bits per heavy atom. The fraction of sp³-hybridized carbons (Fsp3) is 0.286. The number of fused-ring (bicyclic) bond motifs is 1. The van der Waals surface area contributed by atoms with Gasteiger partial charge in [-0.15, -0.1) is 22.7 Å². The number of halogens is 1. The molecule has 0 unspecified atom stereocenters. The summed E-state index contributed by atoms with van der Waals surface area (Å²) in [4.78, 5) is 22.7. The maximum atomic E-state index is 12.4. The van der Waals surface area contributed by atoms with Crippen molar-refractivity contribution in [1.29, 1.82) is 0 Å². The molecule has 1 N–H and O–H groups in total. The lowest BCUT2D eigenvalue weighted by atomic mass is 10.1. The lowest BCUT2D eigenvalue weighted by Gasteiger charge is -2.00. The van der Waals surface area contributed by atoms with Gasteiger partial charge in [-0.05, 0) is 17.9 Å². The van der Waals surface area contributed by atoms with Gasteiger partial charge in [0.25, 0.3) is 5.56 Å². The average Bonchev–Trinajstić information content (AvgIpc) is 3.11. The number of hydrogen-bond acceptors (Lipinski definition) is 5. The number of nitrogens with one attached hydrogen (secondary N) is 1. The fourth-order valence-electron chi connectivity index (χ4n) is 2.17. The van der Waals surface area contributed by atoms with Gasteiger partial charge in [-0.2, -0.15) is 0 Å². The normalized spacial score (nSPS) is 11.3. The molecule has 3 aromatic heterocycles. The average molecular weight is 340 g/mol. The maximum absolute atomic E-state index is 12.4. The second-order valence-electron chi connectivity index (χ2n) is 4.32. The van der Waals surface area contributed by atoms with Crippen LogP contribution in [0.3, 0.4) is 0 Å². The van der Waals surface area contributed by atoms with E-state index in [2.05, 4.69) is 16.9 Å². The van der Waals surface area contributed by atoms with Gasteiger partial charge in [0.05, 0.1) is 12.1 Å². The number of H-pyrrole nitrogens is 1. The highest BCUT2D eigenvalue weighted by Gasteiger charge is 2.18. The standard InChI is InChI=1S/C14H13FN2OS3/c1-2-8-10(9-4-3-6-19-9)11-12(18)16-14(20-7-5-15)17-13(11)21-8/h3-4,6H,2,5,7H2,1H3,(H,16,17,18). The monoisotopic (exact) mass is 340 g/mol. The van der Waals surface area contributed by atoms with E-state index in [1.54, 1.807) is 22.7 Å². The highest BCUT2D eigenvalue weighted by atomic mass is 32.2. The molecule has 3 heterocycles. The largest absolute Gasteiger partial charge is 0.301 e. The van der Waals surface area contributed by atoms with Crippen LogP contribution < -0.4 is 5.56 Å². The lowest BCUT2D eigenvalue weighted by molar-refractivity contribution is 0.532. The van der Waals surface area contributed by atoms with Gasteiger partial charge < -0.3 is 4.98 Å². The Morgan fingerprint density at radius 2 is 2.33 bits per heavy atom. The summed E-state index contributed by atoms with van der Waals surface area (Å²) in [6.07, 6.45) is 0.862. The quantitative estimate of drug-likeness (QED) is 0.555. The van der Waals surface area contributed by atoms with Crippen molar-refractivity contribution in [2.75, 3.05) is 12.4 Å². The number of nitrogens with zero attached hydrogens (tertiary/aromatic N) is 1. The van der Waals surface area contributed by atoms with E-state index in [0.717, 1.165) is 26.6 Å². The summed E-state index contributed by atoms with van der Waals surface area (Å²) in [7, 11) is 0. The summed E-state index contributed by atoms with van der Waals surface area (Å²) < 4.78 is 12.3. The molecule has 3 aromatic rings. The molecular weight excluding hydrogens is 327 g/mol. The minimum atomic E-state index is -0.433. The first kappa shape index (κ1) is 14.7. The third kappa shape index (κ3) is 2.77. The molecule has 0 amide bonds. The third-order valence-electron chi connectivity index (χ3n) is 3.02. The van der Waals surface area contributed by atoms with E-state index in [4.69, 9.17) is 0 Å². The van der Waals surface area contributed by atoms with Gasteiger partial charge in [0.1, 0.15) is 4.83 Å². The molecule has 0 saturated heterocycles. The van der Waals surface area contributed by atoms with Crippen LogP contribution in [0.1, 0.15) is 11.8 Å². The van der Waals surface area contributed by atoms with Gasteiger partial charge in [-0.1, -0.05) is 24.8 Å². The summed E-state index contributed by atoms with van der Waals surface area (Å²) in [5.74, 6) is 0.304. The molecule has 0 spiro atoms. The molecule has 0 saturated carbocycles. The first-order valence-corrected chi connectivity index (χ1v) is 9.21. The van der Waals surface area contributed by atoms with Gasteiger partial charge in [0.2, 0.25) is 0 Å². The van der Waals surface area contributed by atoms with Crippen LogP contribution in [-0.4, -0.2) is 22.4 Å². The van der Waals surface area contributed by atoms with Crippen LogP contribution in [-0.2, 0) is 6.42 Å². The van der Waals surface area contributed by atoms with Crippen molar-refractivity contribution in [2.45, 2.75) is 18.5 Å². The van der Waals surface area contributed by atoms with E-state index in [0.29, 0.717) is 16.3 Å². The second kappa shape index (κ2) is 6.29. The SMILES string of the molecule is CCc1sc2nc(SCCF)[nH]c(=O)c2c1-c1cccs1. The smallest absolute Gasteiger partial charge is 0.260 e. The number of aromatic nitrogens is 2. The second-order valence-corrected chi connectivity index (χ2v) is 7.43. The molecule has 3 rings (SSSR count). The van der Waals surface area contributed by atoms with E-state index in [9.17, 15) is 9.18 Å². The number of aromatic amines is 1. The van der Waals surface area contributed by atoms with Gasteiger partial charge in [0, 0.05) is 21.1 Å². The van der Waals surface area contributed by atoms with Crippen LogP contribution in [0.25, 0.3) is 20.7 Å². The van der Waals surface area contributed by atoms with Crippen molar-refractivity contribution in [3.8, 4) is 10.4 Å². The molecule has 0 aliphatic heterocycles. The van der Waals surface area contributed by atoms with Crippen molar-refractivity contribution in [3.63, 3.8) is 0 Å². The number of thiophene rings is 2. The first-order valence-electron chi connectivity index (χ1n) is 6.53. The summed E-state index contributed by atoms with van der Waals surface area (Å²) in [5, 5.41) is 3.15. The van der Waals surface area contributed by atoms with E-state index in [1.165, 1.54) is 11.8 Å². The molecule has 0 atom stereocenters. The Labute approximate surface area is 133 Å². The van der Waals surface area contributed by atoms with Crippen LogP contribution in [0.15, 0.2) is 27.5 Å². The van der Waals surface area contributed by atoms with E-state index < -0.39 is 6.67 Å². The fourth-order valence-corrected chi connectivity index (χ4v) is 4.81. The molecular formula is C14H13FN2OS3. The predicted octanol–water partition coefficient (Wildman–Crippen LogP) is 4.34. The molecule has 0 aromatic carbocycles. The number of thioether (sulfide) groups is 1. The summed E-state index contributed by atoms with van der Waals surface area (Å²) in [6.45, 7) is 1.65. The molecule has 3 nitrogen and oxygen atoms in total. The van der Waals surface area contributed by atoms with E-state index >= 15 is 0 Å². The molecule has 7 heteroatoms. The molecule has 0 aliphatic carbocycles. The van der Waals surface area contributed by atoms with Crippen molar-refractivity contribution in [3.05, 3.63) is 32.7 Å². The highest BCUT2D eigenvalue weighted by molar-refractivity contribution is 7.99.